The summed E-state index contributed by atoms with van der Waals surface area (Å²) in [6, 6.07) is 5.56. The topological polar surface area (TPSA) is 102 Å². The Kier molecular flexibility index (Phi) is 4.85. The maximum absolute atomic E-state index is 12.6. The van der Waals surface area contributed by atoms with Crippen LogP contribution in [-0.2, 0) is 9.53 Å². The summed E-state index contributed by atoms with van der Waals surface area (Å²) in [6.45, 7) is 0. The summed E-state index contributed by atoms with van der Waals surface area (Å²) in [5.41, 5.74) is 1.13. The number of rotatable bonds is 4. The van der Waals surface area contributed by atoms with Crippen LogP contribution >= 0.6 is 0 Å². The van der Waals surface area contributed by atoms with Gasteiger partial charge in [-0.15, -0.1) is 0 Å². The fourth-order valence-corrected chi connectivity index (χ4v) is 3.57. The van der Waals surface area contributed by atoms with Crippen molar-refractivity contribution in [3.05, 3.63) is 29.0 Å². The Morgan fingerprint density at radius 2 is 1.81 bits per heavy atom. The molecular weight excluding hydrogens is 336 g/mol. The average molecular weight is 356 g/mol. The molecular formula is C19H20N2O5. The monoisotopic (exact) mass is 356 g/mol. The molecule has 1 aliphatic carbocycles. The maximum atomic E-state index is 12.6. The van der Waals surface area contributed by atoms with Gasteiger partial charge in [-0.2, -0.15) is 5.26 Å². The van der Waals surface area contributed by atoms with Crippen LogP contribution in [0.3, 0.4) is 0 Å². The predicted octanol–water partition coefficient (Wildman–Crippen LogP) is 2.95. The molecule has 1 aromatic rings. The van der Waals surface area contributed by atoms with Crippen molar-refractivity contribution in [3.63, 3.8) is 0 Å². The van der Waals surface area contributed by atoms with Gasteiger partial charge < -0.3 is 18.9 Å². The van der Waals surface area contributed by atoms with Crippen molar-refractivity contribution in [1.82, 2.24) is 0 Å². The number of carbonyl (C=O) groups is 1. The molecule has 1 aromatic carbocycles. The van der Waals surface area contributed by atoms with Crippen LogP contribution in [0.5, 0.6) is 17.2 Å². The Bertz CT molecular complexity index is 812. The van der Waals surface area contributed by atoms with Gasteiger partial charge in [0.15, 0.2) is 17.3 Å². The van der Waals surface area contributed by atoms with E-state index in [2.05, 4.69) is 6.07 Å². The third-order valence-corrected chi connectivity index (χ3v) is 4.75. The highest BCUT2D eigenvalue weighted by Gasteiger charge is 2.43. The Balaban J connectivity index is 2.23. The van der Waals surface area contributed by atoms with Crippen molar-refractivity contribution in [3.8, 4) is 23.3 Å². The normalized spacial score (nSPS) is 22.2. The number of hydrogen-bond acceptors (Lipinski definition) is 7. The minimum absolute atomic E-state index is 0.0437. The standard InChI is InChI=1S/C19H20N2O5/c1-23-14-7-10(8-15(24-2)18(14)25-3)16-11(9-20)19(21)26-13-6-4-5-12(22)17(13)16/h7-8,11,16,21H,4-6H2,1-3H3. The van der Waals surface area contributed by atoms with Gasteiger partial charge in [0.05, 0.1) is 27.4 Å². The number of hydrogen-bond donors (Lipinski definition) is 1. The van der Waals surface area contributed by atoms with E-state index in [9.17, 15) is 10.1 Å². The second-order valence-corrected chi connectivity index (χ2v) is 6.12. The van der Waals surface area contributed by atoms with E-state index in [0.717, 1.165) is 0 Å². The van der Waals surface area contributed by atoms with Crippen LogP contribution in [0, 0.1) is 22.7 Å². The molecule has 0 bridgehead atoms. The largest absolute Gasteiger partial charge is 0.493 e. The highest BCUT2D eigenvalue weighted by molar-refractivity contribution is 6.01. The molecule has 26 heavy (non-hydrogen) atoms. The summed E-state index contributed by atoms with van der Waals surface area (Å²) in [4.78, 5) is 12.6. The van der Waals surface area contributed by atoms with Crippen LogP contribution in [0.4, 0.5) is 0 Å². The molecule has 1 aliphatic heterocycles. The molecule has 136 valence electrons. The summed E-state index contributed by atoms with van der Waals surface area (Å²) in [7, 11) is 4.52. The zero-order valence-corrected chi connectivity index (χ0v) is 14.9. The zero-order valence-electron chi connectivity index (χ0n) is 14.9. The van der Waals surface area contributed by atoms with E-state index < -0.39 is 11.8 Å². The third-order valence-electron chi connectivity index (χ3n) is 4.75. The van der Waals surface area contributed by atoms with E-state index in [0.29, 0.717) is 53.4 Å². The summed E-state index contributed by atoms with van der Waals surface area (Å²) in [6.07, 6.45) is 1.68. The first-order valence-electron chi connectivity index (χ1n) is 8.27. The lowest BCUT2D eigenvalue weighted by molar-refractivity contribution is -0.116. The predicted molar refractivity (Wildman–Crippen MR) is 92.6 cm³/mol. The number of nitriles is 1. The van der Waals surface area contributed by atoms with E-state index in [1.54, 1.807) is 12.1 Å². The summed E-state index contributed by atoms with van der Waals surface area (Å²) in [5, 5.41) is 17.7. The highest BCUT2D eigenvalue weighted by atomic mass is 16.5. The number of carbonyl (C=O) groups excluding carboxylic acids is 1. The molecule has 0 aromatic heterocycles. The van der Waals surface area contributed by atoms with Gasteiger partial charge in [0.25, 0.3) is 0 Å². The molecule has 1 N–H and O–H groups in total. The van der Waals surface area contributed by atoms with Gasteiger partial charge in [0, 0.05) is 24.3 Å². The van der Waals surface area contributed by atoms with Crippen LogP contribution < -0.4 is 14.2 Å². The number of nitrogens with one attached hydrogen (secondary N) is 1. The van der Waals surface area contributed by atoms with Gasteiger partial charge >= 0.3 is 0 Å². The molecule has 0 saturated heterocycles. The first-order chi connectivity index (χ1) is 12.5. The number of allylic oxidation sites excluding steroid dienone is 2. The van der Waals surface area contributed by atoms with Crippen molar-refractivity contribution in [2.75, 3.05) is 21.3 Å². The van der Waals surface area contributed by atoms with E-state index in [-0.39, 0.29) is 11.7 Å². The van der Waals surface area contributed by atoms with Gasteiger partial charge in [0.2, 0.25) is 11.6 Å². The fraction of sp³-hybridized carbons (Fsp3) is 0.421. The fourth-order valence-electron chi connectivity index (χ4n) is 3.57. The van der Waals surface area contributed by atoms with Crippen molar-refractivity contribution in [2.24, 2.45) is 5.92 Å². The van der Waals surface area contributed by atoms with E-state index >= 15 is 0 Å². The minimum atomic E-state index is -0.890. The molecule has 2 unspecified atom stereocenters. The lowest BCUT2D eigenvalue weighted by Crippen LogP contribution is -2.34. The zero-order chi connectivity index (χ0) is 18.8. The van der Waals surface area contributed by atoms with Crippen molar-refractivity contribution in [2.45, 2.75) is 25.2 Å². The molecule has 0 saturated carbocycles. The van der Waals surface area contributed by atoms with Crippen LogP contribution in [-0.4, -0.2) is 33.0 Å². The molecule has 0 radical (unpaired) electrons. The molecule has 2 atom stereocenters. The van der Waals surface area contributed by atoms with Crippen LogP contribution in [0.2, 0.25) is 0 Å². The van der Waals surface area contributed by atoms with E-state index in [1.807, 2.05) is 0 Å². The van der Waals surface area contributed by atoms with Crippen molar-refractivity contribution in [1.29, 1.82) is 10.7 Å². The Morgan fingerprint density at radius 1 is 1.15 bits per heavy atom. The Morgan fingerprint density at radius 3 is 2.35 bits per heavy atom. The molecule has 3 rings (SSSR count). The lowest BCUT2D eigenvalue weighted by Gasteiger charge is -2.34. The molecule has 7 heteroatoms. The Hall–Kier alpha value is -3.01. The Labute approximate surface area is 151 Å². The molecule has 0 fully saturated rings. The number of ketones is 1. The van der Waals surface area contributed by atoms with E-state index in [4.69, 9.17) is 24.4 Å². The number of nitrogens with zero attached hydrogens (tertiary/aromatic N) is 1. The summed E-state index contributed by atoms with van der Waals surface area (Å²) < 4.78 is 21.6. The number of benzene rings is 1. The van der Waals surface area contributed by atoms with E-state index in [1.165, 1.54) is 21.3 Å². The minimum Gasteiger partial charge on any atom is -0.493 e. The number of Topliss-reactive ketones (excluding diaryl/α,β-unsaturated/α-hetero) is 1. The number of methoxy groups -OCH3 is 3. The molecule has 0 amide bonds. The van der Waals surface area contributed by atoms with Crippen molar-refractivity contribution < 1.29 is 23.7 Å². The molecule has 7 nitrogen and oxygen atoms in total. The second kappa shape index (κ2) is 7.08. The van der Waals surface area contributed by atoms with Crippen LogP contribution in [0.1, 0.15) is 30.7 Å². The van der Waals surface area contributed by atoms with Crippen molar-refractivity contribution >= 4 is 11.7 Å². The maximum Gasteiger partial charge on any atom is 0.205 e. The molecule has 2 aliphatic rings. The number of ether oxygens (including phenoxy) is 4. The quantitative estimate of drug-likeness (QED) is 0.890. The third kappa shape index (κ3) is 2.77. The molecule has 1 heterocycles. The summed E-state index contributed by atoms with van der Waals surface area (Å²) >= 11 is 0. The molecule has 0 spiro atoms. The van der Waals surface area contributed by atoms with Gasteiger partial charge in [-0.1, -0.05) is 0 Å². The van der Waals surface area contributed by atoms with Gasteiger partial charge in [-0.3, -0.25) is 10.2 Å². The van der Waals surface area contributed by atoms with Gasteiger partial charge in [-0.05, 0) is 24.1 Å². The highest BCUT2D eigenvalue weighted by Crippen LogP contribution is 2.47. The van der Waals surface area contributed by atoms with Crippen LogP contribution in [0.25, 0.3) is 0 Å². The first-order valence-corrected chi connectivity index (χ1v) is 8.27. The second-order valence-electron chi connectivity index (χ2n) is 6.12. The van der Waals surface area contributed by atoms with Gasteiger partial charge in [0.1, 0.15) is 11.7 Å². The SMILES string of the molecule is COc1cc(C2C3=C(CCCC3=O)OC(=N)C2C#N)cc(OC)c1OC. The first kappa shape index (κ1) is 17.8. The smallest absolute Gasteiger partial charge is 0.205 e. The lowest BCUT2D eigenvalue weighted by atomic mass is 9.74. The average Bonchev–Trinajstić information content (AvgIpc) is 2.65. The van der Waals surface area contributed by atoms with Gasteiger partial charge in [-0.25, -0.2) is 0 Å². The van der Waals surface area contributed by atoms with Crippen LogP contribution in [0.15, 0.2) is 23.5 Å². The summed E-state index contributed by atoms with van der Waals surface area (Å²) in [5.74, 6) is 0.118.